The van der Waals surface area contributed by atoms with Gasteiger partial charge >= 0.3 is 6.18 Å². The van der Waals surface area contributed by atoms with E-state index in [1.54, 1.807) is 6.20 Å². The summed E-state index contributed by atoms with van der Waals surface area (Å²) in [6, 6.07) is 0.148. The number of H-pyrrole nitrogens is 1. The Morgan fingerprint density at radius 1 is 1.50 bits per heavy atom. The summed E-state index contributed by atoms with van der Waals surface area (Å²) in [5, 5.41) is 3.20. The van der Waals surface area contributed by atoms with E-state index in [1.807, 2.05) is 12.3 Å². The van der Waals surface area contributed by atoms with Crippen molar-refractivity contribution in [2.75, 3.05) is 6.54 Å². The second-order valence-corrected chi connectivity index (χ2v) is 5.10. The van der Waals surface area contributed by atoms with Gasteiger partial charge in [0.15, 0.2) is 0 Å². The fourth-order valence-corrected chi connectivity index (χ4v) is 2.56. The van der Waals surface area contributed by atoms with Gasteiger partial charge in [-0.05, 0) is 24.5 Å². The van der Waals surface area contributed by atoms with Crippen molar-refractivity contribution in [3.8, 4) is 0 Å². The second-order valence-electron chi connectivity index (χ2n) is 5.10. The Labute approximate surface area is 115 Å². The largest absolute Gasteiger partial charge is 0.408 e. The molecule has 4 nitrogen and oxygen atoms in total. The number of amides is 1. The van der Waals surface area contributed by atoms with Crippen molar-refractivity contribution in [2.45, 2.75) is 44.6 Å². The number of carbonyl (C=O) groups excluding carboxylic acids is 1. The van der Waals surface area contributed by atoms with E-state index in [-0.39, 0.29) is 19.0 Å². The Bertz CT molecular complexity index is 444. The molecule has 1 amide bonds. The van der Waals surface area contributed by atoms with E-state index in [0.29, 0.717) is 13.0 Å². The summed E-state index contributed by atoms with van der Waals surface area (Å²) in [6.45, 7) is 1.87. The molecule has 0 aliphatic carbocycles. The highest BCUT2D eigenvalue weighted by atomic mass is 19.4. The minimum absolute atomic E-state index is 0.0477. The van der Waals surface area contributed by atoms with Gasteiger partial charge in [0.2, 0.25) is 5.91 Å². The number of halogens is 3. The van der Waals surface area contributed by atoms with Crippen molar-refractivity contribution in [3.05, 3.63) is 24.0 Å². The summed E-state index contributed by atoms with van der Waals surface area (Å²) < 4.78 is 38.6. The van der Waals surface area contributed by atoms with Gasteiger partial charge in [0.05, 0.1) is 0 Å². The van der Waals surface area contributed by atoms with E-state index in [1.165, 1.54) is 6.92 Å². The van der Waals surface area contributed by atoms with Crippen LogP contribution in [0.5, 0.6) is 0 Å². The SMILES string of the molecule is CC(=O)N1CC(NCc2cc[nH]c2)CCC1C(F)(F)F. The lowest BCUT2D eigenvalue weighted by Gasteiger charge is -2.40. The number of nitrogens with zero attached hydrogens (tertiary/aromatic N) is 1. The van der Waals surface area contributed by atoms with Gasteiger partial charge in [0, 0.05) is 38.4 Å². The molecule has 0 radical (unpaired) electrons. The molecule has 1 aliphatic heterocycles. The summed E-state index contributed by atoms with van der Waals surface area (Å²) in [6.07, 6.45) is -0.361. The van der Waals surface area contributed by atoms with E-state index in [2.05, 4.69) is 10.3 Å². The number of aromatic amines is 1. The Balaban J connectivity index is 1.94. The summed E-state index contributed by atoms with van der Waals surface area (Å²) in [7, 11) is 0. The monoisotopic (exact) mass is 289 g/mol. The predicted molar refractivity (Wildman–Crippen MR) is 67.9 cm³/mol. The van der Waals surface area contributed by atoms with E-state index < -0.39 is 18.1 Å². The quantitative estimate of drug-likeness (QED) is 0.894. The van der Waals surface area contributed by atoms with Crippen LogP contribution in [0.25, 0.3) is 0 Å². The maximum Gasteiger partial charge on any atom is 0.408 e. The first-order chi connectivity index (χ1) is 9.38. The number of carbonyl (C=O) groups is 1. The van der Waals surface area contributed by atoms with Gasteiger partial charge in [-0.15, -0.1) is 0 Å². The molecule has 2 unspecified atom stereocenters. The summed E-state index contributed by atoms with van der Waals surface area (Å²) in [5.74, 6) is -0.527. The van der Waals surface area contributed by atoms with Crippen LogP contribution in [0.15, 0.2) is 18.5 Å². The van der Waals surface area contributed by atoms with Gasteiger partial charge in [-0.1, -0.05) is 0 Å². The molecule has 112 valence electrons. The molecule has 2 atom stereocenters. The molecule has 2 N–H and O–H groups in total. The topological polar surface area (TPSA) is 48.1 Å². The average molecular weight is 289 g/mol. The van der Waals surface area contributed by atoms with E-state index in [9.17, 15) is 18.0 Å². The highest BCUT2D eigenvalue weighted by Crippen LogP contribution is 2.32. The van der Waals surface area contributed by atoms with Crippen LogP contribution in [0, 0.1) is 0 Å². The molecular formula is C13H18F3N3O. The average Bonchev–Trinajstić information content (AvgIpc) is 2.88. The zero-order valence-corrected chi connectivity index (χ0v) is 11.2. The van der Waals surface area contributed by atoms with E-state index >= 15 is 0 Å². The van der Waals surface area contributed by atoms with Crippen molar-refractivity contribution in [2.24, 2.45) is 0 Å². The van der Waals surface area contributed by atoms with Crippen molar-refractivity contribution in [3.63, 3.8) is 0 Å². The van der Waals surface area contributed by atoms with Crippen molar-refractivity contribution in [1.29, 1.82) is 0 Å². The Morgan fingerprint density at radius 3 is 2.80 bits per heavy atom. The number of hydrogen-bond donors (Lipinski definition) is 2. The van der Waals surface area contributed by atoms with Crippen molar-refractivity contribution in [1.82, 2.24) is 15.2 Å². The first-order valence-corrected chi connectivity index (χ1v) is 6.57. The van der Waals surface area contributed by atoms with Gasteiger partial charge in [0.25, 0.3) is 0 Å². The minimum atomic E-state index is -4.35. The molecule has 0 aromatic carbocycles. The Hall–Kier alpha value is -1.50. The van der Waals surface area contributed by atoms with Crippen LogP contribution in [0.1, 0.15) is 25.3 Å². The van der Waals surface area contributed by atoms with Crippen molar-refractivity contribution < 1.29 is 18.0 Å². The van der Waals surface area contributed by atoms with Gasteiger partial charge in [-0.2, -0.15) is 13.2 Å². The second kappa shape index (κ2) is 5.87. The third-order valence-corrected chi connectivity index (χ3v) is 3.62. The number of alkyl halides is 3. The number of piperidine rings is 1. The number of likely N-dealkylation sites (tertiary alicyclic amines) is 1. The normalized spacial score (nSPS) is 23.9. The molecule has 2 heterocycles. The lowest BCUT2D eigenvalue weighted by atomic mass is 9.97. The molecular weight excluding hydrogens is 271 g/mol. The smallest absolute Gasteiger partial charge is 0.367 e. The van der Waals surface area contributed by atoms with Gasteiger partial charge in [-0.3, -0.25) is 4.79 Å². The first-order valence-electron chi connectivity index (χ1n) is 6.57. The maximum atomic E-state index is 12.9. The number of aromatic nitrogens is 1. The zero-order chi connectivity index (χ0) is 14.8. The number of nitrogens with one attached hydrogen (secondary N) is 2. The minimum Gasteiger partial charge on any atom is -0.367 e. The van der Waals surface area contributed by atoms with E-state index in [0.717, 1.165) is 10.5 Å². The Kier molecular flexibility index (Phi) is 4.37. The van der Waals surface area contributed by atoms with Gasteiger partial charge < -0.3 is 15.2 Å². The molecule has 1 saturated heterocycles. The first kappa shape index (κ1) is 14.9. The highest BCUT2D eigenvalue weighted by molar-refractivity contribution is 5.73. The molecule has 2 rings (SSSR count). The summed E-state index contributed by atoms with van der Waals surface area (Å²) in [4.78, 5) is 15.3. The molecule has 7 heteroatoms. The molecule has 20 heavy (non-hydrogen) atoms. The van der Waals surface area contributed by atoms with Crippen LogP contribution in [-0.2, 0) is 11.3 Å². The number of hydrogen-bond acceptors (Lipinski definition) is 2. The standard InChI is InChI=1S/C13H18F3N3O/c1-9(20)19-8-11(2-3-12(19)13(14,15)16)18-7-10-4-5-17-6-10/h4-6,11-12,17-18H,2-3,7-8H2,1H3. The fourth-order valence-electron chi connectivity index (χ4n) is 2.56. The predicted octanol–water partition coefficient (Wildman–Crippen LogP) is 2.05. The van der Waals surface area contributed by atoms with Crippen LogP contribution < -0.4 is 5.32 Å². The van der Waals surface area contributed by atoms with Gasteiger partial charge in [0.1, 0.15) is 6.04 Å². The van der Waals surface area contributed by atoms with Crippen LogP contribution in [0.4, 0.5) is 13.2 Å². The molecule has 1 aromatic rings. The van der Waals surface area contributed by atoms with Crippen LogP contribution in [0.3, 0.4) is 0 Å². The molecule has 1 aliphatic rings. The van der Waals surface area contributed by atoms with Crippen LogP contribution >= 0.6 is 0 Å². The van der Waals surface area contributed by atoms with E-state index in [4.69, 9.17) is 0 Å². The lowest BCUT2D eigenvalue weighted by molar-refractivity contribution is -0.196. The van der Waals surface area contributed by atoms with Gasteiger partial charge in [-0.25, -0.2) is 0 Å². The fraction of sp³-hybridized carbons (Fsp3) is 0.615. The third kappa shape index (κ3) is 3.53. The van der Waals surface area contributed by atoms with Crippen molar-refractivity contribution >= 4 is 5.91 Å². The molecule has 1 aromatic heterocycles. The molecule has 0 saturated carbocycles. The molecule has 1 fully saturated rings. The third-order valence-electron chi connectivity index (χ3n) is 3.62. The summed E-state index contributed by atoms with van der Waals surface area (Å²) in [5.41, 5.74) is 1.04. The number of rotatable bonds is 3. The zero-order valence-electron chi connectivity index (χ0n) is 11.2. The molecule has 0 bridgehead atoms. The maximum absolute atomic E-state index is 12.9. The van der Waals surface area contributed by atoms with Crippen LogP contribution in [0.2, 0.25) is 0 Å². The van der Waals surface area contributed by atoms with Crippen LogP contribution in [-0.4, -0.2) is 40.6 Å². The summed E-state index contributed by atoms with van der Waals surface area (Å²) >= 11 is 0. The highest BCUT2D eigenvalue weighted by Gasteiger charge is 2.47. The molecule has 0 spiro atoms. The lowest BCUT2D eigenvalue weighted by Crippen LogP contribution is -2.56. The Morgan fingerprint density at radius 2 is 2.25 bits per heavy atom.